The fourth-order valence-corrected chi connectivity index (χ4v) is 8.63. The lowest BCUT2D eigenvalue weighted by Gasteiger charge is -2.47. The van der Waals surface area contributed by atoms with Crippen LogP contribution in [0, 0.1) is 53.3 Å². The summed E-state index contributed by atoms with van der Waals surface area (Å²) in [6.45, 7) is 2.44. The van der Waals surface area contributed by atoms with Crippen LogP contribution in [0.15, 0.2) is 12.2 Å². The van der Waals surface area contributed by atoms with Crippen LogP contribution in [0.3, 0.4) is 0 Å². The molecule has 0 spiro atoms. The topological polar surface area (TPSA) is 0 Å². The van der Waals surface area contributed by atoms with E-state index in [2.05, 4.69) is 19.1 Å². The molecule has 4 fully saturated rings. The van der Waals surface area contributed by atoms with E-state index in [0.29, 0.717) is 0 Å². The highest BCUT2D eigenvalue weighted by molar-refractivity contribution is 5.11. The number of fused-ring (bicyclic) bond motifs is 2. The van der Waals surface area contributed by atoms with Crippen LogP contribution >= 0.6 is 0 Å². The zero-order valence-corrected chi connectivity index (χ0v) is 16.5. The summed E-state index contributed by atoms with van der Waals surface area (Å²) in [5.41, 5.74) is 0. The van der Waals surface area contributed by atoms with E-state index in [9.17, 15) is 0 Å². The zero-order valence-electron chi connectivity index (χ0n) is 16.5. The van der Waals surface area contributed by atoms with E-state index in [1.807, 2.05) is 0 Å². The number of hydrogen-bond donors (Lipinski definition) is 0. The normalized spacial score (nSPS) is 48.4. The van der Waals surface area contributed by atoms with Crippen molar-refractivity contribution in [3.05, 3.63) is 12.2 Å². The second-order valence-corrected chi connectivity index (χ2v) is 10.8. The fourth-order valence-electron chi connectivity index (χ4n) is 8.63. The first-order valence-electron chi connectivity index (χ1n) is 12.0. The maximum Gasteiger partial charge on any atom is -0.0197 e. The Morgan fingerprint density at radius 1 is 0.560 bits per heavy atom. The van der Waals surface area contributed by atoms with Gasteiger partial charge in [-0.15, -0.1) is 0 Å². The van der Waals surface area contributed by atoms with E-state index in [1.54, 1.807) is 64.2 Å². The van der Waals surface area contributed by atoms with Crippen LogP contribution in [0.2, 0.25) is 0 Å². The van der Waals surface area contributed by atoms with E-state index in [0.717, 1.165) is 53.3 Å². The van der Waals surface area contributed by atoms with Crippen LogP contribution in [0.5, 0.6) is 0 Å². The molecule has 0 N–H and O–H groups in total. The Morgan fingerprint density at radius 3 is 1.76 bits per heavy atom. The number of hydrogen-bond acceptors (Lipinski definition) is 0. The lowest BCUT2D eigenvalue weighted by molar-refractivity contribution is 0.0231. The molecule has 4 saturated carbocycles. The van der Waals surface area contributed by atoms with Gasteiger partial charge in [0.25, 0.3) is 0 Å². The van der Waals surface area contributed by atoms with Gasteiger partial charge in [0.2, 0.25) is 0 Å². The molecule has 0 heteroatoms. The lowest BCUT2D eigenvalue weighted by Crippen LogP contribution is -2.40. The van der Waals surface area contributed by atoms with Gasteiger partial charge in [0.15, 0.2) is 0 Å². The van der Waals surface area contributed by atoms with Crippen LogP contribution < -0.4 is 0 Å². The maximum absolute atomic E-state index is 2.64. The van der Waals surface area contributed by atoms with Crippen LogP contribution in [0.4, 0.5) is 0 Å². The van der Waals surface area contributed by atoms with Crippen molar-refractivity contribution in [1.29, 1.82) is 0 Å². The molecule has 0 nitrogen and oxygen atoms in total. The molecule has 0 aromatic carbocycles. The summed E-state index contributed by atoms with van der Waals surface area (Å²) in [4.78, 5) is 0. The Balaban J connectivity index is 1.38. The Hall–Kier alpha value is -0.260. The van der Waals surface area contributed by atoms with Gasteiger partial charge in [-0.25, -0.2) is 0 Å². The van der Waals surface area contributed by atoms with Gasteiger partial charge in [0, 0.05) is 0 Å². The Morgan fingerprint density at radius 2 is 1.16 bits per heavy atom. The summed E-state index contributed by atoms with van der Waals surface area (Å²) in [7, 11) is 0. The third-order valence-corrected chi connectivity index (χ3v) is 9.45. The average molecular weight is 341 g/mol. The molecule has 25 heavy (non-hydrogen) atoms. The highest BCUT2D eigenvalue weighted by Crippen LogP contribution is 2.64. The summed E-state index contributed by atoms with van der Waals surface area (Å²) >= 11 is 0. The fraction of sp³-hybridized carbons (Fsp3) is 0.920. The Labute approximate surface area is 156 Å². The van der Waals surface area contributed by atoms with E-state index in [-0.39, 0.29) is 0 Å². The zero-order chi connectivity index (χ0) is 16.8. The smallest absolute Gasteiger partial charge is 0.0197 e. The molecule has 0 aromatic rings. The highest BCUT2D eigenvalue weighted by Gasteiger charge is 2.57. The summed E-state index contributed by atoms with van der Waals surface area (Å²) in [5, 5.41) is 0. The van der Waals surface area contributed by atoms with Gasteiger partial charge in [0.1, 0.15) is 0 Å². The first-order valence-corrected chi connectivity index (χ1v) is 12.0. The third-order valence-electron chi connectivity index (χ3n) is 9.45. The number of rotatable bonds is 3. The molecule has 140 valence electrons. The second kappa shape index (κ2) is 7.05. The van der Waals surface area contributed by atoms with Gasteiger partial charge in [-0.05, 0) is 72.5 Å². The quantitative estimate of drug-likeness (QED) is 0.475. The van der Waals surface area contributed by atoms with E-state index in [4.69, 9.17) is 0 Å². The third kappa shape index (κ3) is 3.04. The SMILES string of the molecule is CC1C=CC(C2CC3CC2C(C2CCCCC2)C3C2CCCCC2)C1. The van der Waals surface area contributed by atoms with Crippen LogP contribution in [-0.2, 0) is 0 Å². The molecule has 0 radical (unpaired) electrons. The Kier molecular flexibility index (Phi) is 4.76. The lowest BCUT2D eigenvalue weighted by atomic mass is 9.58. The first-order chi connectivity index (χ1) is 12.3. The van der Waals surface area contributed by atoms with Gasteiger partial charge in [-0.2, -0.15) is 0 Å². The maximum atomic E-state index is 2.64. The minimum atomic E-state index is 0.853. The standard InChI is InChI=1S/C25H40/c1-17-12-13-20(14-17)22-15-21-16-23(22)25(19-10-6-3-7-11-19)24(21)18-8-4-2-5-9-18/h12-13,17-25H,2-11,14-16H2,1H3. The van der Waals surface area contributed by atoms with Gasteiger partial charge in [-0.3, -0.25) is 0 Å². The minimum Gasteiger partial charge on any atom is -0.0854 e. The summed E-state index contributed by atoms with van der Waals surface area (Å²) in [6.07, 6.45) is 25.4. The second-order valence-electron chi connectivity index (χ2n) is 10.8. The summed E-state index contributed by atoms with van der Waals surface area (Å²) in [5.74, 6) is 9.61. The van der Waals surface area contributed by atoms with E-state index in [1.165, 1.54) is 19.3 Å². The molecular formula is C25H40. The molecule has 7 unspecified atom stereocenters. The van der Waals surface area contributed by atoms with E-state index >= 15 is 0 Å². The van der Waals surface area contributed by atoms with Crippen molar-refractivity contribution in [1.82, 2.24) is 0 Å². The monoisotopic (exact) mass is 340 g/mol. The van der Waals surface area contributed by atoms with Crippen molar-refractivity contribution in [3.8, 4) is 0 Å². The van der Waals surface area contributed by atoms with Crippen LogP contribution in [0.25, 0.3) is 0 Å². The predicted molar refractivity (Wildman–Crippen MR) is 106 cm³/mol. The number of allylic oxidation sites excluding steroid dienone is 2. The van der Waals surface area contributed by atoms with Gasteiger partial charge < -0.3 is 0 Å². The molecule has 0 aromatic heterocycles. The van der Waals surface area contributed by atoms with Crippen molar-refractivity contribution >= 4 is 0 Å². The molecule has 5 aliphatic rings. The highest BCUT2D eigenvalue weighted by atomic mass is 14.6. The van der Waals surface area contributed by atoms with Crippen molar-refractivity contribution in [2.24, 2.45) is 53.3 Å². The van der Waals surface area contributed by atoms with Crippen LogP contribution in [-0.4, -0.2) is 0 Å². The Bertz CT molecular complexity index is 478. The van der Waals surface area contributed by atoms with Gasteiger partial charge >= 0.3 is 0 Å². The van der Waals surface area contributed by atoms with E-state index < -0.39 is 0 Å². The molecule has 7 atom stereocenters. The van der Waals surface area contributed by atoms with Crippen molar-refractivity contribution in [3.63, 3.8) is 0 Å². The molecule has 0 aliphatic heterocycles. The predicted octanol–water partition coefficient (Wildman–Crippen LogP) is 7.25. The largest absolute Gasteiger partial charge is 0.0854 e. The molecule has 5 rings (SSSR count). The summed E-state index contributed by atoms with van der Waals surface area (Å²) < 4.78 is 0. The van der Waals surface area contributed by atoms with Gasteiger partial charge in [0.05, 0.1) is 0 Å². The summed E-state index contributed by atoms with van der Waals surface area (Å²) in [6, 6.07) is 0. The minimum absolute atomic E-state index is 0.853. The molecule has 2 bridgehead atoms. The van der Waals surface area contributed by atoms with Crippen molar-refractivity contribution < 1.29 is 0 Å². The molecule has 0 amide bonds. The molecule has 0 heterocycles. The van der Waals surface area contributed by atoms with Crippen molar-refractivity contribution in [2.45, 2.75) is 90.4 Å². The van der Waals surface area contributed by atoms with Crippen molar-refractivity contribution in [2.75, 3.05) is 0 Å². The molecule has 5 aliphatic carbocycles. The van der Waals surface area contributed by atoms with Crippen LogP contribution in [0.1, 0.15) is 90.4 Å². The molecular weight excluding hydrogens is 300 g/mol. The first kappa shape index (κ1) is 16.9. The average Bonchev–Trinajstić information content (AvgIpc) is 3.37. The van der Waals surface area contributed by atoms with Gasteiger partial charge in [-0.1, -0.05) is 83.3 Å². The molecule has 0 saturated heterocycles.